The molecule has 0 aromatic rings. The largest absolute Gasteiger partial charge is 0.468 e. The average molecular weight is 257 g/mol. The van der Waals surface area contributed by atoms with Gasteiger partial charge in [0.2, 0.25) is 0 Å². The van der Waals surface area contributed by atoms with E-state index in [1.165, 1.54) is 7.11 Å². The molecule has 18 heavy (non-hydrogen) atoms. The summed E-state index contributed by atoms with van der Waals surface area (Å²) >= 11 is 0. The predicted molar refractivity (Wildman–Crippen MR) is 72.6 cm³/mol. The van der Waals surface area contributed by atoms with Crippen molar-refractivity contribution in [1.29, 1.82) is 0 Å². The molecule has 0 spiro atoms. The van der Waals surface area contributed by atoms with Crippen LogP contribution < -0.4 is 5.32 Å². The topological polar surface area (TPSA) is 44.8 Å². The van der Waals surface area contributed by atoms with Crippen molar-refractivity contribution in [2.24, 2.45) is 0 Å². The molecule has 0 radical (unpaired) electrons. The van der Waals surface area contributed by atoms with Crippen LogP contribution in [-0.4, -0.2) is 74.7 Å². The van der Waals surface area contributed by atoms with Crippen molar-refractivity contribution < 1.29 is 9.53 Å². The highest BCUT2D eigenvalue weighted by Gasteiger charge is 2.24. The van der Waals surface area contributed by atoms with Crippen LogP contribution in [0.2, 0.25) is 0 Å². The van der Waals surface area contributed by atoms with E-state index < -0.39 is 0 Å². The molecule has 1 rings (SSSR count). The number of ether oxygens (including phenoxy) is 1. The summed E-state index contributed by atoms with van der Waals surface area (Å²) in [7, 11) is 3.61. The van der Waals surface area contributed by atoms with Gasteiger partial charge in [-0.15, -0.1) is 0 Å². The number of carbonyl (C=O) groups excluding carboxylic acids is 1. The fourth-order valence-corrected chi connectivity index (χ4v) is 2.50. The molecule has 0 aromatic heterocycles. The van der Waals surface area contributed by atoms with Crippen LogP contribution in [0.4, 0.5) is 0 Å². The van der Waals surface area contributed by atoms with E-state index in [0.717, 1.165) is 39.1 Å². The predicted octanol–water partition coefficient (Wildman–Crippen LogP) is 0.164. The van der Waals surface area contributed by atoms with Gasteiger partial charge in [0, 0.05) is 32.2 Å². The SMILES string of the molecule is CCNC(CCN1CCN(C)CC1C)C(=O)OC. The standard InChI is InChI=1S/C13H27N3O2/c1-5-14-12(13(17)18-4)6-7-16-9-8-15(3)10-11(16)2/h11-12,14H,5-10H2,1-4H3. The Morgan fingerprint density at radius 3 is 2.78 bits per heavy atom. The molecule has 1 aliphatic heterocycles. The van der Waals surface area contributed by atoms with Crippen molar-refractivity contribution >= 4 is 5.97 Å². The van der Waals surface area contributed by atoms with Crippen molar-refractivity contribution in [3.05, 3.63) is 0 Å². The minimum atomic E-state index is -0.174. The van der Waals surface area contributed by atoms with Gasteiger partial charge in [0.25, 0.3) is 0 Å². The van der Waals surface area contributed by atoms with E-state index in [1.807, 2.05) is 6.92 Å². The Kier molecular flexibility index (Phi) is 6.60. The Morgan fingerprint density at radius 1 is 1.50 bits per heavy atom. The molecule has 0 aromatic carbocycles. The molecular weight excluding hydrogens is 230 g/mol. The molecule has 1 N–H and O–H groups in total. The molecule has 5 nitrogen and oxygen atoms in total. The summed E-state index contributed by atoms with van der Waals surface area (Å²) in [4.78, 5) is 16.4. The van der Waals surface area contributed by atoms with Gasteiger partial charge in [-0.2, -0.15) is 0 Å². The van der Waals surface area contributed by atoms with Crippen LogP contribution in [0.25, 0.3) is 0 Å². The first-order valence-electron chi connectivity index (χ1n) is 6.82. The normalized spacial score (nSPS) is 23.9. The zero-order valence-electron chi connectivity index (χ0n) is 12.1. The summed E-state index contributed by atoms with van der Waals surface area (Å²) in [6.45, 7) is 9.28. The molecule has 0 amide bonds. The second kappa shape index (κ2) is 7.71. The minimum Gasteiger partial charge on any atom is -0.468 e. The average Bonchev–Trinajstić information content (AvgIpc) is 2.35. The first-order valence-corrected chi connectivity index (χ1v) is 6.82. The van der Waals surface area contributed by atoms with Gasteiger partial charge < -0.3 is 15.0 Å². The van der Waals surface area contributed by atoms with Crippen LogP contribution in [-0.2, 0) is 9.53 Å². The number of rotatable bonds is 6. The summed E-state index contributed by atoms with van der Waals surface area (Å²) in [6.07, 6.45) is 0.814. The summed E-state index contributed by atoms with van der Waals surface area (Å²) in [5, 5.41) is 3.18. The number of methoxy groups -OCH3 is 1. The Labute approximate surface area is 110 Å². The molecule has 0 saturated carbocycles. The summed E-state index contributed by atoms with van der Waals surface area (Å²) in [5.41, 5.74) is 0. The molecule has 1 heterocycles. The quantitative estimate of drug-likeness (QED) is 0.687. The number of piperazine rings is 1. The van der Waals surface area contributed by atoms with E-state index in [9.17, 15) is 4.79 Å². The number of carbonyl (C=O) groups is 1. The van der Waals surface area contributed by atoms with E-state index >= 15 is 0 Å². The van der Waals surface area contributed by atoms with Crippen molar-refractivity contribution in [3.8, 4) is 0 Å². The van der Waals surface area contributed by atoms with Crippen LogP contribution in [0.5, 0.6) is 0 Å². The van der Waals surface area contributed by atoms with Crippen LogP contribution >= 0.6 is 0 Å². The summed E-state index contributed by atoms with van der Waals surface area (Å²) in [5.74, 6) is -0.154. The van der Waals surface area contributed by atoms with Crippen molar-refractivity contribution in [2.45, 2.75) is 32.4 Å². The highest BCUT2D eigenvalue weighted by Crippen LogP contribution is 2.09. The molecule has 1 fully saturated rings. The number of nitrogens with zero attached hydrogens (tertiary/aromatic N) is 2. The Bertz CT molecular complexity index is 261. The smallest absolute Gasteiger partial charge is 0.322 e. The number of hydrogen-bond donors (Lipinski definition) is 1. The van der Waals surface area contributed by atoms with Crippen LogP contribution in [0.15, 0.2) is 0 Å². The zero-order chi connectivity index (χ0) is 13.5. The van der Waals surface area contributed by atoms with Gasteiger partial charge in [-0.1, -0.05) is 6.92 Å². The third kappa shape index (κ3) is 4.55. The number of likely N-dealkylation sites (N-methyl/N-ethyl adjacent to an activating group) is 2. The second-order valence-electron chi connectivity index (χ2n) is 5.07. The highest BCUT2D eigenvalue weighted by molar-refractivity contribution is 5.75. The van der Waals surface area contributed by atoms with Gasteiger partial charge in [-0.25, -0.2) is 0 Å². The second-order valence-corrected chi connectivity index (χ2v) is 5.07. The summed E-state index contributed by atoms with van der Waals surface area (Å²) in [6, 6.07) is 0.385. The lowest BCUT2D eigenvalue weighted by Crippen LogP contribution is -2.51. The molecule has 1 saturated heterocycles. The highest BCUT2D eigenvalue weighted by atomic mass is 16.5. The molecule has 2 atom stereocenters. The van der Waals surface area contributed by atoms with Gasteiger partial charge >= 0.3 is 5.97 Å². The van der Waals surface area contributed by atoms with E-state index in [2.05, 4.69) is 29.1 Å². The van der Waals surface area contributed by atoms with Crippen LogP contribution in [0.3, 0.4) is 0 Å². The van der Waals surface area contributed by atoms with Crippen molar-refractivity contribution in [3.63, 3.8) is 0 Å². The molecule has 2 unspecified atom stereocenters. The van der Waals surface area contributed by atoms with Gasteiger partial charge in [-0.3, -0.25) is 9.69 Å². The van der Waals surface area contributed by atoms with E-state index in [4.69, 9.17) is 4.74 Å². The Balaban J connectivity index is 2.39. The minimum absolute atomic E-state index is 0.154. The van der Waals surface area contributed by atoms with Gasteiger partial charge in [0.1, 0.15) is 6.04 Å². The molecular formula is C13H27N3O2. The first-order chi connectivity index (χ1) is 8.58. The van der Waals surface area contributed by atoms with Gasteiger partial charge in [0.05, 0.1) is 7.11 Å². The molecule has 0 aliphatic carbocycles. The maximum absolute atomic E-state index is 11.6. The maximum atomic E-state index is 11.6. The van der Waals surface area contributed by atoms with E-state index in [-0.39, 0.29) is 12.0 Å². The molecule has 0 bridgehead atoms. The van der Waals surface area contributed by atoms with Gasteiger partial charge in [0.15, 0.2) is 0 Å². The number of esters is 1. The van der Waals surface area contributed by atoms with E-state index in [0.29, 0.717) is 6.04 Å². The fraction of sp³-hybridized carbons (Fsp3) is 0.923. The van der Waals surface area contributed by atoms with Crippen LogP contribution in [0, 0.1) is 0 Å². The number of nitrogens with one attached hydrogen (secondary N) is 1. The van der Waals surface area contributed by atoms with Gasteiger partial charge in [-0.05, 0) is 26.9 Å². The number of hydrogen-bond acceptors (Lipinski definition) is 5. The van der Waals surface area contributed by atoms with Crippen LogP contribution in [0.1, 0.15) is 20.3 Å². The van der Waals surface area contributed by atoms with Crippen molar-refractivity contribution in [1.82, 2.24) is 15.1 Å². The first kappa shape index (κ1) is 15.4. The maximum Gasteiger partial charge on any atom is 0.322 e. The molecule has 5 heteroatoms. The third-order valence-electron chi connectivity index (χ3n) is 3.61. The molecule has 1 aliphatic rings. The Hall–Kier alpha value is -0.650. The lowest BCUT2D eigenvalue weighted by Gasteiger charge is -2.38. The zero-order valence-corrected chi connectivity index (χ0v) is 12.1. The third-order valence-corrected chi connectivity index (χ3v) is 3.61. The van der Waals surface area contributed by atoms with E-state index in [1.54, 1.807) is 0 Å². The monoisotopic (exact) mass is 257 g/mol. The van der Waals surface area contributed by atoms with Crippen molar-refractivity contribution in [2.75, 3.05) is 46.9 Å². The Morgan fingerprint density at radius 2 is 2.22 bits per heavy atom. The summed E-state index contributed by atoms with van der Waals surface area (Å²) < 4.78 is 4.82. The lowest BCUT2D eigenvalue weighted by molar-refractivity contribution is -0.143. The fourth-order valence-electron chi connectivity index (χ4n) is 2.50. The lowest BCUT2D eigenvalue weighted by atomic mass is 10.1. The molecule has 106 valence electrons.